The number of thiol groups is 1. The molecule has 0 radical (unpaired) electrons. The first kappa shape index (κ1) is 31.4. The zero-order valence-electron chi connectivity index (χ0n) is 21.7. The van der Waals surface area contributed by atoms with Gasteiger partial charge in [-0.15, -0.1) is 0 Å². The van der Waals surface area contributed by atoms with E-state index in [-0.39, 0.29) is 36.4 Å². The Morgan fingerprint density at radius 2 is 1.69 bits per heavy atom. The van der Waals surface area contributed by atoms with E-state index < -0.39 is 24.0 Å². The smallest absolute Gasteiger partial charge is 0.320 e. The van der Waals surface area contributed by atoms with E-state index in [0.717, 1.165) is 12.0 Å². The molecule has 9 nitrogen and oxygen atoms in total. The van der Waals surface area contributed by atoms with Crippen molar-refractivity contribution in [2.75, 3.05) is 27.0 Å². The van der Waals surface area contributed by atoms with Gasteiger partial charge in [-0.3, -0.25) is 19.2 Å². The second-order valence-electron chi connectivity index (χ2n) is 8.96. The lowest BCUT2D eigenvalue weighted by Gasteiger charge is -2.22. The van der Waals surface area contributed by atoms with Crippen LogP contribution in [0.4, 0.5) is 0 Å². The number of carboxylic acids is 1. The van der Waals surface area contributed by atoms with E-state index in [1.54, 1.807) is 26.3 Å². The molecular weight excluding hydrogens is 482 g/mol. The minimum Gasteiger partial charge on any atom is -0.497 e. The van der Waals surface area contributed by atoms with Gasteiger partial charge in [0.25, 0.3) is 0 Å². The van der Waals surface area contributed by atoms with Crippen molar-refractivity contribution in [3.8, 4) is 5.75 Å². The van der Waals surface area contributed by atoms with Crippen molar-refractivity contribution in [3.05, 3.63) is 29.8 Å². The Morgan fingerprint density at radius 3 is 2.19 bits per heavy atom. The van der Waals surface area contributed by atoms with Crippen molar-refractivity contribution in [2.24, 2.45) is 11.8 Å². The summed E-state index contributed by atoms with van der Waals surface area (Å²) < 4.78 is 5.17. The van der Waals surface area contributed by atoms with Crippen LogP contribution in [-0.4, -0.2) is 67.7 Å². The number of rotatable bonds is 18. The summed E-state index contributed by atoms with van der Waals surface area (Å²) in [7, 11) is 4.68. The standard InChI is InChI=1S/C26H41N3O6S/c1-5-6-19(9-10-20(30)13-18(16-36)15-23(27-2)26(33)34)24(31)29-22(25(32)28-3)14-17-7-11-21(35-4)12-8-17/h7-8,11-12,18-19,22-23,27,36H,5-6,9-10,13-16H2,1-4H3,(H,28,32)(H,29,31)(H,33,34)/t18?,19?,22?,23-/m1/s1. The Morgan fingerprint density at radius 1 is 1.03 bits per heavy atom. The molecule has 4 N–H and O–H groups in total. The van der Waals surface area contributed by atoms with E-state index in [9.17, 15) is 24.3 Å². The van der Waals surface area contributed by atoms with Gasteiger partial charge in [-0.05, 0) is 55.7 Å². The Kier molecular flexibility index (Phi) is 14.8. The van der Waals surface area contributed by atoms with Gasteiger partial charge in [0.15, 0.2) is 0 Å². The maximum atomic E-state index is 13.1. The number of ketones is 1. The maximum absolute atomic E-state index is 13.1. The van der Waals surface area contributed by atoms with Crippen molar-refractivity contribution in [2.45, 2.75) is 64.0 Å². The Labute approximate surface area is 219 Å². The van der Waals surface area contributed by atoms with Crippen LogP contribution in [0.15, 0.2) is 24.3 Å². The number of amides is 2. The quantitative estimate of drug-likeness (QED) is 0.186. The van der Waals surface area contributed by atoms with Crippen LogP contribution in [0.5, 0.6) is 5.75 Å². The molecule has 0 spiro atoms. The van der Waals surface area contributed by atoms with Crippen molar-refractivity contribution in [1.29, 1.82) is 0 Å². The molecule has 36 heavy (non-hydrogen) atoms. The van der Waals surface area contributed by atoms with Gasteiger partial charge in [-0.25, -0.2) is 0 Å². The van der Waals surface area contributed by atoms with E-state index >= 15 is 0 Å². The lowest BCUT2D eigenvalue weighted by atomic mass is 9.91. The van der Waals surface area contributed by atoms with Crippen LogP contribution in [-0.2, 0) is 25.6 Å². The summed E-state index contributed by atoms with van der Waals surface area (Å²) in [6.45, 7) is 1.97. The molecule has 0 aliphatic carbocycles. The van der Waals surface area contributed by atoms with Crippen molar-refractivity contribution in [1.82, 2.24) is 16.0 Å². The van der Waals surface area contributed by atoms with Crippen LogP contribution in [0.25, 0.3) is 0 Å². The molecule has 4 atom stereocenters. The average molecular weight is 524 g/mol. The number of carbonyl (C=O) groups excluding carboxylic acids is 3. The molecule has 0 bridgehead atoms. The van der Waals surface area contributed by atoms with E-state index in [2.05, 4.69) is 28.6 Å². The molecule has 10 heteroatoms. The van der Waals surface area contributed by atoms with Crippen LogP contribution in [0.3, 0.4) is 0 Å². The molecule has 202 valence electrons. The highest BCUT2D eigenvalue weighted by Crippen LogP contribution is 2.20. The predicted molar refractivity (Wildman–Crippen MR) is 142 cm³/mol. The summed E-state index contributed by atoms with van der Waals surface area (Å²) in [5.41, 5.74) is 0.881. The Bertz CT molecular complexity index is 849. The molecule has 0 heterocycles. The molecule has 0 aliphatic rings. The van der Waals surface area contributed by atoms with E-state index in [1.165, 1.54) is 7.05 Å². The van der Waals surface area contributed by atoms with Gasteiger partial charge in [0.1, 0.15) is 23.6 Å². The first-order chi connectivity index (χ1) is 17.2. The number of nitrogens with one attached hydrogen (secondary N) is 3. The molecular formula is C26H41N3O6S. The minimum atomic E-state index is -0.961. The van der Waals surface area contributed by atoms with E-state index in [1.807, 2.05) is 19.1 Å². The number of Topliss-reactive ketones (excluding diaryl/α,β-unsaturated/α-hetero) is 1. The SMILES string of the molecule is CCCC(CCC(=O)CC(CS)C[C@@H](NC)C(=O)O)C(=O)NC(Cc1ccc(OC)cc1)C(=O)NC. The van der Waals surface area contributed by atoms with Crippen LogP contribution >= 0.6 is 12.6 Å². The van der Waals surface area contributed by atoms with Gasteiger partial charge < -0.3 is 25.8 Å². The third-order valence-electron chi connectivity index (χ3n) is 6.25. The number of likely N-dealkylation sites (N-methyl/N-ethyl adjacent to an activating group) is 2. The molecule has 0 saturated carbocycles. The van der Waals surface area contributed by atoms with Crippen LogP contribution in [0.2, 0.25) is 0 Å². The second-order valence-corrected chi connectivity index (χ2v) is 9.32. The highest BCUT2D eigenvalue weighted by Gasteiger charge is 2.27. The van der Waals surface area contributed by atoms with Gasteiger partial charge in [-0.1, -0.05) is 25.5 Å². The fourth-order valence-electron chi connectivity index (χ4n) is 4.08. The molecule has 0 aromatic heterocycles. The number of methoxy groups -OCH3 is 1. The lowest BCUT2D eigenvalue weighted by molar-refractivity contribution is -0.140. The first-order valence-electron chi connectivity index (χ1n) is 12.4. The molecule has 0 saturated heterocycles. The van der Waals surface area contributed by atoms with Gasteiger partial charge >= 0.3 is 5.97 Å². The monoisotopic (exact) mass is 523 g/mol. The largest absolute Gasteiger partial charge is 0.497 e. The van der Waals surface area contributed by atoms with Crippen LogP contribution in [0, 0.1) is 11.8 Å². The number of benzene rings is 1. The topological polar surface area (TPSA) is 134 Å². The first-order valence-corrected chi connectivity index (χ1v) is 13.0. The zero-order chi connectivity index (χ0) is 27.1. The van der Waals surface area contributed by atoms with Gasteiger partial charge in [0, 0.05) is 32.2 Å². The highest BCUT2D eigenvalue weighted by molar-refractivity contribution is 7.80. The number of carboxylic acid groups (broad SMARTS) is 1. The second kappa shape index (κ2) is 17.0. The van der Waals surface area contributed by atoms with Crippen LogP contribution in [0.1, 0.15) is 51.0 Å². The number of carbonyl (C=O) groups is 4. The van der Waals surface area contributed by atoms with Crippen LogP contribution < -0.4 is 20.7 Å². The number of hydrogen-bond donors (Lipinski definition) is 5. The molecule has 0 fully saturated rings. The summed E-state index contributed by atoms with van der Waals surface area (Å²) >= 11 is 4.28. The summed E-state index contributed by atoms with van der Waals surface area (Å²) in [5, 5.41) is 17.5. The molecule has 2 amide bonds. The van der Waals surface area contributed by atoms with E-state index in [0.29, 0.717) is 37.2 Å². The molecule has 1 aromatic rings. The normalized spacial score (nSPS) is 14.2. The van der Waals surface area contributed by atoms with Gasteiger partial charge in [-0.2, -0.15) is 12.6 Å². The highest BCUT2D eigenvalue weighted by atomic mass is 32.1. The minimum absolute atomic E-state index is 0.0238. The Balaban J connectivity index is 2.77. The molecule has 1 aromatic carbocycles. The van der Waals surface area contributed by atoms with Gasteiger partial charge in [0.2, 0.25) is 11.8 Å². The fraction of sp³-hybridized carbons (Fsp3) is 0.615. The maximum Gasteiger partial charge on any atom is 0.320 e. The third kappa shape index (κ3) is 11.0. The molecule has 0 aliphatic heterocycles. The number of ether oxygens (including phenoxy) is 1. The summed E-state index contributed by atoms with van der Waals surface area (Å²) in [4.78, 5) is 49.5. The van der Waals surface area contributed by atoms with Crippen molar-refractivity contribution in [3.63, 3.8) is 0 Å². The Hall–Kier alpha value is -2.59. The summed E-state index contributed by atoms with van der Waals surface area (Å²) in [6, 6.07) is 5.83. The zero-order valence-corrected chi connectivity index (χ0v) is 22.6. The number of aliphatic carboxylic acids is 1. The summed E-state index contributed by atoms with van der Waals surface area (Å²) in [5.74, 6) is -0.999. The predicted octanol–water partition coefficient (Wildman–Crippen LogP) is 2.23. The van der Waals surface area contributed by atoms with Gasteiger partial charge in [0.05, 0.1) is 7.11 Å². The number of hydrogen-bond acceptors (Lipinski definition) is 7. The van der Waals surface area contributed by atoms with Crippen molar-refractivity contribution < 1.29 is 29.0 Å². The van der Waals surface area contributed by atoms with E-state index in [4.69, 9.17) is 4.74 Å². The lowest BCUT2D eigenvalue weighted by Crippen LogP contribution is -2.48. The summed E-state index contributed by atoms with van der Waals surface area (Å²) in [6.07, 6.45) is 2.79. The third-order valence-corrected chi connectivity index (χ3v) is 6.76. The fourth-order valence-corrected chi connectivity index (χ4v) is 4.36. The van der Waals surface area contributed by atoms with Crippen molar-refractivity contribution >= 4 is 36.2 Å². The molecule has 3 unspecified atom stereocenters. The molecule has 1 rings (SSSR count). The average Bonchev–Trinajstić information content (AvgIpc) is 2.87.